The number of nitrogens with zero attached hydrogens (tertiary/aromatic N) is 2. The highest BCUT2D eigenvalue weighted by atomic mass is 32.2. The molecule has 5 rings (SSSR count). The number of pyridine rings is 2. The topological polar surface area (TPSA) is 107 Å². The van der Waals surface area contributed by atoms with Gasteiger partial charge in [0, 0.05) is 11.8 Å². The van der Waals surface area contributed by atoms with Gasteiger partial charge < -0.3 is 14.8 Å². The molecule has 2 aliphatic heterocycles. The summed E-state index contributed by atoms with van der Waals surface area (Å²) in [4.78, 5) is 20.7. The molecule has 10 heteroatoms. The molecule has 0 aromatic carbocycles. The first kappa shape index (κ1) is 24.8. The Kier molecular flexibility index (Phi) is 6.13. The minimum Gasteiger partial charge on any atom is -0.444 e. The number of halogens is 1. The molecular formula is C24H32FN3O5S. The van der Waals surface area contributed by atoms with Gasteiger partial charge >= 0.3 is 6.09 Å². The number of hydrogen-bond acceptors (Lipinski definition) is 7. The largest absolute Gasteiger partial charge is 0.444 e. The number of sulfone groups is 1. The van der Waals surface area contributed by atoms with Crippen molar-refractivity contribution in [2.24, 2.45) is 0 Å². The zero-order chi connectivity index (χ0) is 24.9. The average Bonchev–Trinajstić information content (AvgIpc) is 2.72. The number of hydrogen-bond donors (Lipinski definition) is 1. The number of aryl methyl sites for hydroxylation is 2. The molecule has 2 bridgehead atoms. The molecule has 3 fully saturated rings. The Morgan fingerprint density at radius 2 is 1.91 bits per heavy atom. The van der Waals surface area contributed by atoms with Crippen LogP contribution in [0.3, 0.4) is 0 Å². The van der Waals surface area contributed by atoms with Crippen molar-refractivity contribution in [1.29, 1.82) is 0 Å². The van der Waals surface area contributed by atoms with E-state index < -0.39 is 38.5 Å². The second-order valence-electron chi connectivity index (χ2n) is 10.7. The van der Waals surface area contributed by atoms with Crippen LogP contribution in [0.25, 0.3) is 11.0 Å². The highest BCUT2D eigenvalue weighted by Gasteiger charge is 2.50. The van der Waals surface area contributed by atoms with Gasteiger partial charge in [0.2, 0.25) is 0 Å². The molecule has 1 amide bonds. The van der Waals surface area contributed by atoms with Crippen molar-refractivity contribution in [3.8, 4) is 0 Å². The van der Waals surface area contributed by atoms with Crippen LogP contribution in [-0.4, -0.2) is 54.1 Å². The maximum atomic E-state index is 14.9. The van der Waals surface area contributed by atoms with Gasteiger partial charge in [-0.3, -0.25) is 4.98 Å². The van der Waals surface area contributed by atoms with Gasteiger partial charge in [0.25, 0.3) is 0 Å². The fourth-order valence-corrected chi connectivity index (χ4v) is 5.52. The highest BCUT2D eigenvalue weighted by Crippen LogP contribution is 2.46. The number of ether oxygens (including phenoxy) is 2. The Balaban J connectivity index is 1.51. The molecule has 2 aromatic heterocycles. The van der Waals surface area contributed by atoms with Gasteiger partial charge in [0.05, 0.1) is 35.0 Å². The molecule has 2 saturated heterocycles. The maximum absolute atomic E-state index is 14.9. The molecule has 0 unspecified atom stereocenters. The number of fused-ring (bicyclic) bond motifs is 4. The van der Waals surface area contributed by atoms with E-state index >= 15 is 0 Å². The van der Waals surface area contributed by atoms with E-state index in [-0.39, 0.29) is 10.5 Å². The molecule has 186 valence electrons. The van der Waals surface area contributed by atoms with Gasteiger partial charge in [-0.25, -0.2) is 22.6 Å². The Bertz CT molecular complexity index is 1210. The Morgan fingerprint density at radius 3 is 2.47 bits per heavy atom. The van der Waals surface area contributed by atoms with E-state index in [9.17, 15) is 17.6 Å². The molecule has 0 atom stereocenters. The Morgan fingerprint density at radius 1 is 1.24 bits per heavy atom. The van der Waals surface area contributed by atoms with Crippen LogP contribution in [0.1, 0.15) is 64.0 Å². The van der Waals surface area contributed by atoms with Crippen LogP contribution in [0.4, 0.5) is 9.18 Å². The zero-order valence-corrected chi connectivity index (χ0v) is 21.1. The smallest absolute Gasteiger partial charge is 0.408 e. The van der Waals surface area contributed by atoms with Gasteiger partial charge in [-0.1, -0.05) is 0 Å². The molecular weight excluding hydrogens is 461 g/mol. The van der Waals surface area contributed by atoms with E-state index in [2.05, 4.69) is 15.3 Å². The Labute approximate surface area is 199 Å². The lowest BCUT2D eigenvalue weighted by molar-refractivity contribution is -0.163. The fourth-order valence-electron chi connectivity index (χ4n) is 4.87. The zero-order valence-electron chi connectivity index (χ0n) is 20.3. The molecule has 0 radical (unpaired) electrons. The van der Waals surface area contributed by atoms with Crippen LogP contribution in [-0.2, 0) is 25.7 Å². The summed E-state index contributed by atoms with van der Waals surface area (Å²) in [6.07, 6.45) is 5.68. The second-order valence-corrected chi connectivity index (χ2v) is 12.7. The maximum Gasteiger partial charge on any atom is 0.408 e. The third kappa shape index (κ3) is 5.02. The SMILES string of the molecule is Cc1cc(S(C)(=O)=O)nc2c(CCC34CCC(NC(=O)OC(C)(C)C)(CC3)CO4)c(F)cnc12. The van der Waals surface area contributed by atoms with Crippen LogP contribution in [0.5, 0.6) is 0 Å². The van der Waals surface area contributed by atoms with Crippen LogP contribution < -0.4 is 5.32 Å². The van der Waals surface area contributed by atoms with Gasteiger partial charge in [-0.05, 0) is 77.8 Å². The number of aromatic nitrogens is 2. The summed E-state index contributed by atoms with van der Waals surface area (Å²) in [7, 11) is -3.55. The Hall–Kier alpha value is -2.33. The van der Waals surface area contributed by atoms with Gasteiger partial charge in [-0.2, -0.15) is 0 Å². The third-order valence-electron chi connectivity index (χ3n) is 6.79. The van der Waals surface area contributed by atoms with Crippen LogP contribution in [0.2, 0.25) is 0 Å². The van der Waals surface area contributed by atoms with E-state index in [1.165, 1.54) is 12.3 Å². The quantitative estimate of drug-likeness (QED) is 0.670. The minimum atomic E-state index is -3.55. The van der Waals surface area contributed by atoms with Gasteiger partial charge in [0.1, 0.15) is 11.4 Å². The van der Waals surface area contributed by atoms with E-state index in [1.54, 1.807) is 6.92 Å². The molecule has 1 saturated carbocycles. The van der Waals surface area contributed by atoms with Crippen molar-refractivity contribution in [2.75, 3.05) is 12.9 Å². The minimum absolute atomic E-state index is 0.0890. The van der Waals surface area contributed by atoms with Crippen LogP contribution >= 0.6 is 0 Å². The summed E-state index contributed by atoms with van der Waals surface area (Å²) in [5, 5.41) is 2.92. The molecule has 1 N–H and O–H groups in total. The number of amides is 1. The summed E-state index contributed by atoms with van der Waals surface area (Å²) in [6, 6.07) is 1.47. The number of carbonyl (C=O) groups excluding carboxylic acids is 1. The van der Waals surface area contributed by atoms with E-state index in [0.717, 1.165) is 31.9 Å². The highest BCUT2D eigenvalue weighted by molar-refractivity contribution is 7.90. The first-order valence-corrected chi connectivity index (χ1v) is 13.4. The number of nitrogens with one attached hydrogen (secondary N) is 1. The molecule has 1 aliphatic carbocycles. The van der Waals surface area contributed by atoms with Crippen molar-refractivity contribution < 1.29 is 27.1 Å². The summed E-state index contributed by atoms with van der Waals surface area (Å²) < 4.78 is 50.7. The predicted octanol–water partition coefficient (Wildman–Crippen LogP) is 4.02. The van der Waals surface area contributed by atoms with Crippen LogP contribution in [0.15, 0.2) is 17.3 Å². The molecule has 0 spiro atoms. The molecule has 3 aliphatic rings. The first-order chi connectivity index (χ1) is 15.7. The van der Waals surface area contributed by atoms with Gasteiger partial charge in [-0.15, -0.1) is 0 Å². The van der Waals surface area contributed by atoms with E-state index in [1.807, 2.05) is 20.8 Å². The van der Waals surface area contributed by atoms with Crippen LogP contribution in [0, 0.1) is 12.7 Å². The van der Waals surface area contributed by atoms with E-state index in [4.69, 9.17) is 9.47 Å². The molecule has 4 heterocycles. The first-order valence-electron chi connectivity index (χ1n) is 11.5. The number of carbonyl (C=O) groups is 1. The lowest BCUT2D eigenvalue weighted by Crippen LogP contribution is -2.63. The number of rotatable bonds is 5. The van der Waals surface area contributed by atoms with Crippen molar-refractivity contribution in [3.05, 3.63) is 29.2 Å². The van der Waals surface area contributed by atoms with Crippen molar-refractivity contribution in [3.63, 3.8) is 0 Å². The second kappa shape index (κ2) is 8.41. The van der Waals surface area contributed by atoms with E-state index in [0.29, 0.717) is 36.1 Å². The third-order valence-corrected chi connectivity index (χ3v) is 7.76. The monoisotopic (exact) mass is 493 g/mol. The van der Waals surface area contributed by atoms with Crippen molar-refractivity contribution in [2.45, 2.75) is 88.0 Å². The summed E-state index contributed by atoms with van der Waals surface area (Å²) >= 11 is 0. The predicted molar refractivity (Wildman–Crippen MR) is 125 cm³/mol. The lowest BCUT2D eigenvalue weighted by atomic mass is 9.69. The lowest BCUT2D eigenvalue weighted by Gasteiger charge is -2.53. The van der Waals surface area contributed by atoms with Crippen molar-refractivity contribution in [1.82, 2.24) is 15.3 Å². The fraction of sp³-hybridized carbons (Fsp3) is 0.625. The van der Waals surface area contributed by atoms with Crippen molar-refractivity contribution >= 4 is 27.0 Å². The summed E-state index contributed by atoms with van der Waals surface area (Å²) in [6.45, 7) is 7.59. The average molecular weight is 494 g/mol. The summed E-state index contributed by atoms with van der Waals surface area (Å²) in [5.41, 5.74) is 0.333. The van der Waals surface area contributed by atoms with Gasteiger partial charge in [0.15, 0.2) is 14.9 Å². The normalized spacial score (nSPS) is 24.9. The molecule has 34 heavy (non-hydrogen) atoms. The number of alkyl carbamates (subject to hydrolysis) is 1. The summed E-state index contributed by atoms with van der Waals surface area (Å²) in [5.74, 6) is -0.506. The molecule has 8 nitrogen and oxygen atoms in total. The molecule has 2 aromatic rings. The standard InChI is InChI=1S/C24H32FN3O5S/c1-15-12-18(34(5,30)31)27-20-16(17(25)13-26-19(15)20)6-7-24-10-8-23(9-11-24,14-32-24)28-21(29)33-22(2,3)4/h12-13H,6-11,14H2,1-5H3,(H,28,29).